The lowest BCUT2D eigenvalue weighted by atomic mass is 10.2. The number of hydrogen-bond acceptors (Lipinski definition) is 4. The number of carbonyl (C=O) groups excluding carboxylic acids is 1. The molecule has 0 fully saturated rings. The molecule has 2 aromatic heterocycles. The van der Waals surface area contributed by atoms with Crippen LogP contribution in [0.15, 0.2) is 57.6 Å². The summed E-state index contributed by atoms with van der Waals surface area (Å²) in [7, 11) is 0. The number of halogens is 1. The molecule has 0 spiro atoms. The molecule has 26 heavy (non-hydrogen) atoms. The van der Waals surface area contributed by atoms with Gasteiger partial charge in [-0.05, 0) is 29.5 Å². The van der Waals surface area contributed by atoms with Gasteiger partial charge < -0.3 is 10.3 Å². The largest absolute Gasteiger partial charge is 0.351 e. The number of hydrogen-bond donors (Lipinski definition) is 2. The third-order valence-corrected chi connectivity index (χ3v) is 5.13. The van der Waals surface area contributed by atoms with E-state index in [1.165, 1.54) is 0 Å². The third-order valence-electron chi connectivity index (χ3n) is 3.83. The number of rotatable bonds is 6. The first kappa shape index (κ1) is 18.2. The van der Waals surface area contributed by atoms with Gasteiger partial charge in [-0.2, -0.15) is 0 Å². The van der Waals surface area contributed by atoms with Crippen molar-refractivity contribution in [3.63, 3.8) is 0 Å². The van der Waals surface area contributed by atoms with E-state index in [4.69, 9.17) is 11.6 Å². The number of amides is 1. The van der Waals surface area contributed by atoms with E-state index in [9.17, 15) is 14.4 Å². The molecule has 0 saturated carbocycles. The average Bonchev–Trinajstić information content (AvgIpc) is 3.13. The zero-order valence-corrected chi connectivity index (χ0v) is 15.3. The van der Waals surface area contributed by atoms with Crippen molar-refractivity contribution < 1.29 is 4.79 Å². The van der Waals surface area contributed by atoms with E-state index in [1.54, 1.807) is 35.6 Å². The summed E-state index contributed by atoms with van der Waals surface area (Å²) < 4.78 is 0.968. The zero-order valence-electron chi connectivity index (χ0n) is 13.7. The van der Waals surface area contributed by atoms with Crippen LogP contribution in [0.1, 0.15) is 20.8 Å². The van der Waals surface area contributed by atoms with Crippen LogP contribution < -0.4 is 16.6 Å². The Bertz CT molecular complexity index is 1020. The number of nitrogens with zero attached hydrogens (tertiary/aromatic N) is 1. The number of thiophene rings is 1. The second-order valence-electron chi connectivity index (χ2n) is 5.58. The van der Waals surface area contributed by atoms with Crippen LogP contribution >= 0.6 is 22.9 Å². The summed E-state index contributed by atoms with van der Waals surface area (Å²) in [6, 6.07) is 10.8. The van der Waals surface area contributed by atoms with Crippen LogP contribution in [0.5, 0.6) is 0 Å². The quantitative estimate of drug-likeness (QED) is 0.678. The molecule has 3 aromatic rings. The lowest BCUT2D eigenvalue weighted by Crippen LogP contribution is -2.41. The van der Waals surface area contributed by atoms with Gasteiger partial charge in [-0.15, -0.1) is 11.3 Å². The first-order valence-electron chi connectivity index (χ1n) is 7.93. The van der Waals surface area contributed by atoms with Gasteiger partial charge in [0.25, 0.3) is 11.5 Å². The van der Waals surface area contributed by atoms with Crippen LogP contribution in [-0.4, -0.2) is 22.0 Å². The Kier molecular flexibility index (Phi) is 5.70. The fraction of sp³-hybridized carbons (Fsp3) is 0.167. The van der Waals surface area contributed by atoms with Crippen molar-refractivity contribution in [3.05, 3.63) is 89.8 Å². The maximum atomic E-state index is 12.6. The molecule has 0 radical (unpaired) electrons. The minimum absolute atomic E-state index is 0.00977. The molecule has 0 aliphatic rings. The Morgan fingerprint density at radius 1 is 1.19 bits per heavy atom. The highest BCUT2D eigenvalue weighted by Gasteiger charge is 2.15. The molecule has 6 nitrogen and oxygen atoms in total. The van der Waals surface area contributed by atoms with E-state index in [0.29, 0.717) is 23.6 Å². The van der Waals surface area contributed by atoms with Gasteiger partial charge in [0, 0.05) is 22.6 Å². The van der Waals surface area contributed by atoms with Gasteiger partial charge in [-0.3, -0.25) is 14.2 Å². The summed E-state index contributed by atoms with van der Waals surface area (Å²) in [6.45, 7) is 0.395. The SMILES string of the molecule is O=C(NCCc1cccs1)c1c[nH]c(=O)n(Cc2ccccc2Cl)c1=O. The van der Waals surface area contributed by atoms with Crippen molar-refractivity contribution in [1.82, 2.24) is 14.9 Å². The van der Waals surface area contributed by atoms with Gasteiger partial charge in [0.05, 0.1) is 6.54 Å². The Balaban J connectivity index is 1.78. The minimum Gasteiger partial charge on any atom is -0.351 e. The normalized spacial score (nSPS) is 10.7. The number of H-pyrrole nitrogens is 1. The Morgan fingerprint density at radius 2 is 2.00 bits per heavy atom. The van der Waals surface area contributed by atoms with E-state index in [-0.39, 0.29) is 12.1 Å². The van der Waals surface area contributed by atoms with Crippen LogP contribution in [0.4, 0.5) is 0 Å². The van der Waals surface area contributed by atoms with E-state index < -0.39 is 17.2 Å². The second kappa shape index (κ2) is 8.16. The molecule has 0 aliphatic carbocycles. The first-order valence-corrected chi connectivity index (χ1v) is 9.18. The molecule has 1 amide bonds. The Morgan fingerprint density at radius 3 is 2.73 bits per heavy atom. The maximum absolute atomic E-state index is 12.6. The topological polar surface area (TPSA) is 84.0 Å². The number of aromatic amines is 1. The first-order chi connectivity index (χ1) is 12.6. The van der Waals surface area contributed by atoms with Crippen molar-refractivity contribution in [3.8, 4) is 0 Å². The summed E-state index contributed by atoms with van der Waals surface area (Å²) in [5.41, 5.74) is -0.729. The van der Waals surface area contributed by atoms with E-state index in [2.05, 4.69) is 10.3 Å². The predicted molar refractivity (Wildman–Crippen MR) is 102 cm³/mol. The molecule has 0 bridgehead atoms. The van der Waals surface area contributed by atoms with E-state index in [1.807, 2.05) is 17.5 Å². The van der Waals surface area contributed by atoms with Crippen molar-refractivity contribution in [2.75, 3.05) is 6.54 Å². The standard InChI is InChI=1S/C18H16ClN3O3S/c19-15-6-2-1-4-12(15)11-22-17(24)14(10-21-18(22)25)16(23)20-8-7-13-5-3-9-26-13/h1-6,9-10H,7-8,11H2,(H,20,23)(H,21,25). The molecule has 8 heteroatoms. The number of carbonyl (C=O) groups is 1. The lowest BCUT2D eigenvalue weighted by Gasteiger charge is -2.09. The highest BCUT2D eigenvalue weighted by atomic mass is 35.5. The van der Waals surface area contributed by atoms with Gasteiger partial charge in [0.2, 0.25) is 0 Å². The van der Waals surface area contributed by atoms with Crippen molar-refractivity contribution in [1.29, 1.82) is 0 Å². The molecule has 0 aliphatic heterocycles. The van der Waals surface area contributed by atoms with E-state index >= 15 is 0 Å². The number of nitrogens with one attached hydrogen (secondary N) is 2. The van der Waals surface area contributed by atoms with Crippen molar-refractivity contribution in [2.45, 2.75) is 13.0 Å². The van der Waals surface area contributed by atoms with Gasteiger partial charge >= 0.3 is 5.69 Å². The van der Waals surface area contributed by atoms with E-state index in [0.717, 1.165) is 15.6 Å². The molecule has 2 N–H and O–H groups in total. The molecule has 1 aromatic carbocycles. The van der Waals surface area contributed by atoms with Crippen LogP contribution in [0, 0.1) is 0 Å². The summed E-state index contributed by atoms with van der Waals surface area (Å²) in [4.78, 5) is 40.5. The summed E-state index contributed by atoms with van der Waals surface area (Å²) in [5.74, 6) is -0.518. The molecule has 0 saturated heterocycles. The molecule has 0 atom stereocenters. The number of benzene rings is 1. The highest BCUT2D eigenvalue weighted by molar-refractivity contribution is 7.09. The average molecular weight is 390 g/mol. The predicted octanol–water partition coefficient (Wildman–Crippen LogP) is 2.27. The van der Waals surface area contributed by atoms with Crippen molar-refractivity contribution in [2.24, 2.45) is 0 Å². The summed E-state index contributed by atoms with van der Waals surface area (Å²) >= 11 is 7.70. The highest BCUT2D eigenvalue weighted by Crippen LogP contribution is 2.15. The second-order valence-corrected chi connectivity index (χ2v) is 7.01. The van der Waals surface area contributed by atoms with Gasteiger partial charge in [0.1, 0.15) is 5.56 Å². The van der Waals surface area contributed by atoms with Gasteiger partial charge in [-0.25, -0.2) is 4.79 Å². The fourth-order valence-electron chi connectivity index (χ4n) is 2.46. The zero-order chi connectivity index (χ0) is 18.5. The fourth-order valence-corrected chi connectivity index (χ4v) is 3.37. The molecule has 2 heterocycles. The van der Waals surface area contributed by atoms with Crippen molar-refractivity contribution >= 4 is 28.8 Å². The minimum atomic E-state index is -0.651. The molecular formula is C18H16ClN3O3S. The molecular weight excluding hydrogens is 374 g/mol. The van der Waals surface area contributed by atoms with Crippen LogP contribution in [-0.2, 0) is 13.0 Å². The maximum Gasteiger partial charge on any atom is 0.328 e. The number of aromatic nitrogens is 2. The molecule has 0 unspecified atom stereocenters. The smallest absolute Gasteiger partial charge is 0.328 e. The Hall–Kier alpha value is -2.64. The molecule has 3 rings (SSSR count). The third kappa shape index (κ3) is 4.12. The lowest BCUT2D eigenvalue weighted by molar-refractivity contribution is 0.0951. The summed E-state index contributed by atoms with van der Waals surface area (Å²) in [5, 5.41) is 5.12. The monoisotopic (exact) mass is 389 g/mol. The van der Waals surface area contributed by atoms with Gasteiger partial charge in [0.15, 0.2) is 0 Å². The van der Waals surface area contributed by atoms with Crippen LogP contribution in [0.25, 0.3) is 0 Å². The molecule has 134 valence electrons. The summed E-state index contributed by atoms with van der Waals surface area (Å²) in [6.07, 6.45) is 1.83. The van der Waals surface area contributed by atoms with Crippen LogP contribution in [0.3, 0.4) is 0 Å². The van der Waals surface area contributed by atoms with Gasteiger partial charge in [-0.1, -0.05) is 35.9 Å². The Labute approximate surface area is 158 Å². The van der Waals surface area contributed by atoms with Crippen LogP contribution in [0.2, 0.25) is 5.02 Å².